The Labute approximate surface area is 111 Å². The van der Waals surface area contributed by atoms with Gasteiger partial charge in [-0.05, 0) is 19.1 Å². The number of hydrogen-bond acceptors (Lipinski definition) is 4. The van der Waals surface area contributed by atoms with E-state index in [0.29, 0.717) is 13.0 Å². The molecule has 1 atom stereocenters. The molecule has 6 heteroatoms. The minimum Gasteiger partial charge on any atom is -0.409 e. The summed E-state index contributed by atoms with van der Waals surface area (Å²) in [5.41, 5.74) is 7.50. The van der Waals surface area contributed by atoms with E-state index >= 15 is 0 Å². The van der Waals surface area contributed by atoms with Crippen molar-refractivity contribution in [1.82, 2.24) is 9.55 Å². The fraction of sp³-hybridized carbons (Fsp3) is 0.385. The third-order valence-corrected chi connectivity index (χ3v) is 2.99. The Balaban J connectivity index is 2.51. The number of amidine groups is 1. The monoisotopic (exact) mass is 262 g/mol. The van der Waals surface area contributed by atoms with Crippen molar-refractivity contribution in [2.45, 2.75) is 19.4 Å². The lowest BCUT2D eigenvalue weighted by molar-refractivity contribution is 0.162. The van der Waals surface area contributed by atoms with Crippen LogP contribution in [0.2, 0.25) is 0 Å². The lowest BCUT2D eigenvalue weighted by atomic mass is 10.2. The molecule has 2 aromatic rings. The molecule has 1 heterocycles. The number of nitrogens with two attached hydrogens (primary N) is 1. The fourth-order valence-corrected chi connectivity index (χ4v) is 2.22. The van der Waals surface area contributed by atoms with Crippen LogP contribution in [0.25, 0.3) is 11.0 Å². The Morgan fingerprint density at radius 3 is 2.95 bits per heavy atom. The van der Waals surface area contributed by atoms with Gasteiger partial charge < -0.3 is 20.2 Å². The van der Waals surface area contributed by atoms with Crippen LogP contribution in [-0.4, -0.2) is 34.3 Å². The Bertz CT molecular complexity index is 591. The Hall–Kier alpha value is -2.08. The molecular weight excluding hydrogens is 244 g/mol. The first-order valence-corrected chi connectivity index (χ1v) is 6.08. The van der Waals surface area contributed by atoms with Crippen molar-refractivity contribution in [2.75, 3.05) is 13.7 Å². The lowest BCUT2D eigenvalue weighted by Gasteiger charge is -2.16. The second kappa shape index (κ2) is 5.71. The number of aromatic nitrogens is 2. The second-order valence-corrected chi connectivity index (χ2v) is 4.46. The van der Waals surface area contributed by atoms with Gasteiger partial charge in [0.05, 0.1) is 30.1 Å². The predicted molar refractivity (Wildman–Crippen MR) is 73.4 cm³/mol. The molecule has 0 aliphatic heterocycles. The fourth-order valence-electron chi connectivity index (χ4n) is 2.22. The zero-order chi connectivity index (χ0) is 13.8. The molecule has 0 spiro atoms. The van der Waals surface area contributed by atoms with E-state index in [4.69, 9.17) is 15.7 Å². The van der Waals surface area contributed by atoms with Crippen LogP contribution in [0.1, 0.15) is 18.8 Å². The smallest absolute Gasteiger partial charge is 0.146 e. The van der Waals surface area contributed by atoms with Crippen LogP contribution in [-0.2, 0) is 11.2 Å². The zero-order valence-electron chi connectivity index (χ0n) is 11.1. The van der Waals surface area contributed by atoms with E-state index in [0.717, 1.165) is 16.9 Å². The molecule has 102 valence electrons. The number of methoxy groups -OCH3 is 1. The van der Waals surface area contributed by atoms with Crippen molar-refractivity contribution in [2.24, 2.45) is 10.9 Å². The van der Waals surface area contributed by atoms with E-state index in [-0.39, 0.29) is 11.9 Å². The molecule has 0 aliphatic rings. The Morgan fingerprint density at radius 1 is 1.53 bits per heavy atom. The van der Waals surface area contributed by atoms with Gasteiger partial charge in [0.25, 0.3) is 0 Å². The van der Waals surface area contributed by atoms with Crippen molar-refractivity contribution in [1.29, 1.82) is 0 Å². The maximum absolute atomic E-state index is 8.71. The van der Waals surface area contributed by atoms with Gasteiger partial charge in [0.2, 0.25) is 0 Å². The molecule has 1 aromatic carbocycles. The number of imidazole rings is 1. The summed E-state index contributed by atoms with van der Waals surface area (Å²) in [5.74, 6) is 0.905. The number of rotatable bonds is 5. The first-order chi connectivity index (χ1) is 9.17. The molecule has 0 amide bonds. The summed E-state index contributed by atoms with van der Waals surface area (Å²) in [5, 5.41) is 11.7. The lowest BCUT2D eigenvalue weighted by Crippen LogP contribution is -2.20. The largest absolute Gasteiger partial charge is 0.409 e. The summed E-state index contributed by atoms with van der Waals surface area (Å²) >= 11 is 0. The first kappa shape index (κ1) is 13.4. The summed E-state index contributed by atoms with van der Waals surface area (Å²) < 4.78 is 7.27. The van der Waals surface area contributed by atoms with E-state index in [1.807, 2.05) is 31.2 Å². The molecule has 0 bridgehead atoms. The van der Waals surface area contributed by atoms with Crippen LogP contribution in [0.5, 0.6) is 0 Å². The highest BCUT2D eigenvalue weighted by atomic mass is 16.5. The molecule has 0 radical (unpaired) electrons. The standard InChI is InChI=1S/C13H18N4O2/c1-9(8-19-2)17-11-6-4-3-5-10(11)15-13(17)7-12(14)16-18/h3-6,9,18H,7-8H2,1-2H3,(H2,14,16). The van der Waals surface area contributed by atoms with Gasteiger partial charge in [-0.25, -0.2) is 4.98 Å². The summed E-state index contributed by atoms with van der Waals surface area (Å²) in [6.07, 6.45) is 0.305. The van der Waals surface area contributed by atoms with E-state index in [2.05, 4.69) is 14.7 Å². The van der Waals surface area contributed by atoms with Gasteiger partial charge in [0.15, 0.2) is 0 Å². The van der Waals surface area contributed by atoms with Crippen LogP contribution < -0.4 is 5.73 Å². The first-order valence-electron chi connectivity index (χ1n) is 6.08. The van der Waals surface area contributed by atoms with E-state index < -0.39 is 0 Å². The number of nitrogens with zero attached hydrogens (tertiary/aromatic N) is 3. The van der Waals surface area contributed by atoms with Crippen LogP contribution in [0.4, 0.5) is 0 Å². The van der Waals surface area contributed by atoms with Crippen LogP contribution in [0.3, 0.4) is 0 Å². The highest BCUT2D eigenvalue weighted by Gasteiger charge is 2.16. The van der Waals surface area contributed by atoms with Gasteiger partial charge in [0.1, 0.15) is 11.7 Å². The minimum absolute atomic E-state index is 0.124. The molecular formula is C13H18N4O2. The molecule has 1 aromatic heterocycles. The average molecular weight is 262 g/mol. The Kier molecular flexibility index (Phi) is 4.01. The summed E-state index contributed by atoms with van der Waals surface area (Å²) in [6, 6.07) is 7.98. The molecule has 0 saturated heterocycles. The third kappa shape index (κ3) is 2.68. The van der Waals surface area contributed by atoms with Crippen molar-refractivity contribution in [3.8, 4) is 0 Å². The van der Waals surface area contributed by atoms with Crippen molar-refractivity contribution >= 4 is 16.9 Å². The molecule has 3 N–H and O–H groups in total. The zero-order valence-corrected chi connectivity index (χ0v) is 11.1. The molecule has 0 aliphatic carbocycles. The van der Waals surface area contributed by atoms with E-state index in [9.17, 15) is 0 Å². The molecule has 0 saturated carbocycles. The van der Waals surface area contributed by atoms with Crippen molar-refractivity contribution in [3.05, 3.63) is 30.1 Å². The van der Waals surface area contributed by atoms with E-state index in [1.54, 1.807) is 7.11 Å². The molecule has 1 unspecified atom stereocenters. The summed E-state index contributed by atoms with van der Waals surface area (Å²) in [6.45, 7) is 2.62. The number of benzene rings is 1. The van der Waals surface area contributed by atoms with Gasteiger partial charge in [-0.15, -0.1) is 0 Å². The van der Waals surface area contributed by atoms with Gasteiger partial charge in [-0.2, -0.15) is 0 Å². The maximum atomic E-state index is 8.71. The maximum Gasteiger partial charge on any atom is 0.146 e. The normalized spacial score (nSPS) is 13.9. The van der Waals surface area contributed by atoms with Crippen LogP contribution in [0.15, 0.2) is 29.4 Å². The van der Waals surface area contributed by atoms with Gasteiger partial charge >= 0.3 is 0 Å². The number of oxime groups is 1. The minimum atomic E-state index is 0.124. The van der Waals surface area contributed by atoms with Gasteiger partial charge in [-0.1, -0.05) is 17.3 Å². The number of ether oxygens (including phenoxy) is 1. The predicted octanol–water partition coefficient (Wildman–Crippen LogP) is 1.53. The van der Waals surface area contributed by atoms with Crippen molar-refractivity contribution in [3.63, 3.8) is 0 Å². The van der Waals surface area contributed by atoms with E-state index in [1.165, 1.54) is 0 Å². The molecule has 6 nitrogen and oxygen atoms in total. The highest BCUT2D eigenvalue weighted by Crippen LogP contribution is 2.21. The Morgan fingerprint density at radius 2 is 2.26 bits per heavy atom. The summed E-state index contributed by atoms with van der Waals surface area (Å²) in [7, 11) is 1.67. The van der Waals surface area contributed by atoms with Gasteiger partial charge in [0, 0.05) is 7.11 Å². The second-order valence-electron chi connectivity index (χ2n) is 4.46. The molecule has 2 rings (SSSR count). The topological polar surface area (TPSA) is 85.7 Å². The van der Waals surface area contributed by atoms with Crippen LogP contribution in [0, 0.1) is 0 Å². The molecule has 0 fully saturated rings. The van der Waals surface area contributed by atoms with Gasteiger partial charge in [-0.3, -0.25) is 0 Å². The van der Waals surface area contributed by atoms with Crippen molar-refractivity contribution < 1.29 is 9.94 Å². The molecule has 19 heavy (non-hydrogen) atoms. The highest BCUT2D eigenvalue weighted by molar-refractivity contribution is 5.83. The third-order valence-electron chi connectivity index (χ3n) is 2.99. The quantitative estimate of drug-likeness (QED) is 0.370. The number of hydrogen-bond donors (Lipinski definition) is 2. The summed E-state index contributed by atoms with van der Waals surface area (Å²) in [4.78, 5) is 4.54. The average Bonchev–Trinajstić information content (AvgIpc) is 2.76. The number of fused-ring (bicyclic) bond motifs is 1. The number of para-hydroxylation sites is 2. The SMILES string of the molecule is COCC(C)n1c(CC(N)=NO)nc2ccccc21. The van der Waals surface area contributed by atoms with Crippen LogP contribution >= 0.6 is 0 Å².